The topological polar surface area (TPSA) is 108 Å². The van der Waals surface area contributed by atoms with Crippen molar-refractivity contribution in [2.75, 3.05) is 5.32 Å². The molecular formula is C12H10ClN3O4. The molecule has 0 unspecified atom stereocenters. The summed E-state index contributed by atoms with van der Waals surface area (Å²) >= 11 is 5.89. The highest BCUT2D eigenvalue weighted by atomic mass is 35.5. The van der Waals surface area contributed by atoms with E-state index >= 15 is 0 Å². The lowest BCUT2D eigenvalue weighted by atomic mass is 10.1. The van der Waals surface area contributed by atoms with Crippen LogP contribution in [-0.4, -0.2) is 28.6 Å². The molecule has 0 fully saturated rings. The number of rotatable bonds is 3. The molecule has 0 atom stereocenters. The molecule has 0 saturated heterocycles. The fourth-order valence-corrected chi connectivity index (χ4v) is 1.75. The van der Waals surface area contributed by atoms with Crippen LogP contribution in [0.3, 0.4) is 0 Å². The van der Waals surface area contributed by atoms with Crippen molar-refractivity contribution in [3.8, 4) is 0 Å². The predicted octanol–water partition coefficient (Wildman–Crippen LogP) is 1.24. The number of carbonyl (C=O) groups is 3. The van der Waals surface area contributed by atoms with E-state index in [-0.39, 0.29) is 40.7 Å². The Balaban J connectivity index is 2.17. The van der Waals surface area contributed by atoms with E-state index in [9.17, 15) is 14.4 Å². The molecule has 0 spiro atoms. The maximum Gasteiger partial charge on any atom is 0.335 e. The molecule has 2 amide bonds. The Bertz CT molecular complexity index is 627. The van der Waals surface area contributed by atoms with Gasteiger partial charge in [0.15, 0.2) is 0 Å². The van der Waals surface area contributed by atoms with Crippen LogP contribution in [0.15, 0.2) is 23.3 Å². The summed E-state index contributed by atoms with van der Waals surface area (Å²) in [7, 11) is 0. The Morgan fingerprint density at radius 3 is 2.70 bits per heavy atom. The quantitative estimate of drug-likeness (QED) is 0.779. The smallest absolute Gasteiger partial charge is 0.335 e. The number of anilines is 1. The van der Waals surface area contributed by atoms with E-state index < -0.39 is 11.9 Å². The highest BCUT2D eigenvalue weighted by Crippen LogP contribution is 2.23. The minimum Gasteiger partial charge on any atom is -0.478 e. The third kappa shape index (κ3) is 3.12. The summed E-state index contributed by atoms with van der Waals surface area (Å²) in [6, 6.07) is 3.97. The lowest BCUT2D eigenvalue weighted by molar-refractivity contribution is -0.121. The minimum atomic E-state index is -1.13. The number of nitrogens with zero attached hydrogens (tertiary/aromatic N) is 1. The summed E-state index contributed by atoms with van der Waals surface area (Å²) in [4.78, 5) is 33.7. The molecule has 0 bridgehead atoms. The maximum absolute atomic E-state index is 11.9. The monoisotopic (exact) mass is 295 g/mol. The van der Waals surface area contributed by atoms with Gasteiger partial charge in [-0.3, -0.25) is 9.59 Å². The number of hydrogen-bond donors (Lipinski definition) is 3. The number of halogens is 1. The average Bonchev–Trinajstić information content (AvgIpc) is 2.41. The van der Waals surface area contributed by atoms with Crippen LogP contribution < -0.4 is 10.7 Å². The number of hydrazone groups is 1. The zero-order chi connectivity index (χ0) is 14.7. The Labute approximate surface area is 118 Å². The summed E-state index contributed by atoms with van der Waals surface area (Å²) in [5.74, 6) is -1.92. The van der Waals surface area contributed by atoms with Crippen molar-refractivity contribution in [2.45, 2.75) is 12.8 Å². The first-order valence-electron chi connectivity index (χ1n) is 5.67. The second-order valence-corrected chi connectivity index (χ2v) is 4.45. The van der Waals surface area contributed by atoms with Gasteiger partial charge in [0, 0.05) is 12.8 Å². The largest absolute Gasteiger partial charge is 0.478 e. The van der Waals surface area contributed by atoms with Gasteiger partial charge in [-0.05, 0) is 18.2 Å². The molecule has 0 saturated carbocycles. The molecular weight excluding hydrogens is 286 g/mol. The first-order valence-corrected chi connectivity index (χ1v) is 6.05. The molecule has 7 nitrogen and oxygen atoms in total. The van der Waals surface area contributed by atoms with Gasteiger partial charge in [-0.2, -0.15) is 5.10 Å². The maximum atomic E-state index is 11.9. The predicted molar refractivity (Wildman–Crippen MR) is 71.9 cm³/mol. The Kier molecular flexibility index (Phi) is 3.99. The van der Waals surface area contributed by atoms with Gasteiger partial charge in [-0.25, -0.2) is 10.2 Å². The molecule has 20 heavy (non-hydrogen) atoms. The van der Waals surface area contributed by atoms with Crippen molar-refractivity contribution < 1.29 is 19.5 Å². The summed E-state index contributed by atoms with van der Waals surface area (Å²) in [6.45, 7) is 0. The number of benzene rings is 1. The molecule has 2 rings (SSSR count). The number of nitrogens with one attached hydrogen (secondary N) is 2. The van der Waals surface area contributed by atoms with Crippen LogP contribution in [0.4, 0.5) is 5.69 Å². The first-order chi connectivity index (χ1) is 9.47. The van der Waals surface area contributed by atoms with Crippen LogP contribution in [-0.2, 0) is 9.59 Å². The number of carboxylic acids is 1. The second-order valence-electron chi connectivity index (χ2n) is 4.05. The number of amides is 2. The molecule has 1 aliphatic rings. The fourth-order valence-electron chi connectivity index (χ4n) is 1.59. The molecule has 1 aliphatic heterocycles. The van der Waals surface area contributed by atoms with Gasteiger partial charge < -0.3 is 10.4 Å². The van der Waals surface area contributed by atoms with E-state index in [0.29, 0.717) is 0 Å². The van der Waals surface area contributed by atoms with Crippen molar-refractivity contribution in [2.24, 2.45) is 5.10 Å². The highest BCUT2D eigenvalue weighted by molar-refractivity contribution is 6.44. The minimum absolute atomic E-state index is 0.00332. The molecule has 0 aromatic heterocycles. The summed E-state index contributed by atoms with van der Waals surface area (Å²) in [5.41, 5.74) is 2.54. The van der Waals surface area contributed by atoms with Crippen molar-refractivity contribution in [1.82, 2.24) is 5.43 Å². The Morgan fingerprint density at radius 1 is 1.35 bits per heavy atom. The second kappa shape index (κ2) is 5.70. The van der Waals surface area contributed by atoms with Crippen molar-refractivity contribution in [3.63, 3.8) is 0 Å². The van der Waals surface area contributed by atoms with Gasteiger partial charge in [0.1, 0.15) is 5.71 Å². The third-order valence-electron chi connectivity index (χ3n) is 2.63. The zero-order valence-electron chi connectivity index (χ0n) is 10.1. The van der Waals surface area contributed by atoms with Gasteiger partial charge >= 0.3 is 5.97 Å². The van der Waals surface area contributed by atoms with Crippen LogP contribution in [0.25, 0.3) is 0 Å². The van der Waals surface area contributed by atoms with Gasteiger partial charge in [-0.1, -0.05) is 11.6 Å². The number of carboxylic acid groups (broad SMARTS) is 1. The first kappa shape index (κ1) is 14.0. The Hall–Kier alpha value is -2.41. The van der Waals surface area contributed by atoms with Gasteiger partial charge in [0.25, 0.3) is 5.91 Å². The van der Waals surface area contributed by atoms with Crippen LogP contribution >= 0.6 is 11.6 Å². The van der Waals surface area contributed by atoms with E-state index in [2.05, 4.69) is 15.8 Å². The molecule has 3 N–H and O–H groups in total. The van der Waals surface area contributed by atoms with E-state index in [1.165, 1.54) is 18.2 Å². The Morgan fingerprint density at radius 2 is 2.10 bits per heavy atom. The average molecular weight is 296 g/mol. The summed E-state index contributed by atoms with van der Waals surface area (Å²) in [5, 5.41) is 15.2. The number of hydrogen-bond acceptors (Lipinski definition) is 4. The lowest BCUT2D eigenvalue weighted by Gasteiger charge is -2.13. The standard InChI is InChI=1S/C12H10ClN3O4/c13-7-2-1-6(12(19)20)5-9(7)14-11(18)8-3-4-10(17)16-15-8/h1-2,5H,3-4H2,(H,14,18)(H,16,17)(H,19,20). The molecule has 1 aromatic rings. The van der Waals surface area contributed by atoms with E-state index in [4.69, 9.17) is 16.7 Å². The van der Waals surface area contributed by atoms with Crippen molar-refractivity contribution in [3.05, 3.63) is 28.8 Å². The molecule has 1 aromatic carbocycles. The van der Waals surface area contributed by atoms with E-state index in [0.717, 1.165) is 0 Å². The zero-order valence-corrected chi connectivity index (χ0v) is 10.9. The van der Waals surface area contributed by atoms with Gasteiger partial charge in [-0.15, -0.1) is 0 Å². The number of carbonyl (C=O) groups excluding carboxylic acids is 2. The summed E-state index contributed by atoms with van der Waals surface area (Å²) in [6.07, 6.45) is 0.392. The van der Waals surface area contributed by atoms with Gasteiger partial charge in [0.05, 0.1) is 16.3 Å². The molecule has 104 valence electrons. The normalized spacial score (nSPS) is 14.2. The third-order valence-corrected chi connectivity index (χ3v) is 2.96. The number of aromatic carboxylic acids is 1. The molecule has 0 aliphatic carbocycles. The van der Waals surface area contributed by atoms with Crippen LogP contribution in [0.1, 0.15) is 23.2 Å². The lowest BCUT2D eigenvalue weighted by Crippen LogP contribution is -2.32. The summed E-state index contributed by atoms with van der Waals surface area (Å²) < 4.78 is 0. The molecule has 1 heterocycles. The van der Waals surface area contributed by atoms with E-state index in [1.54, 1.807) is 0 Å². The SMILES string of the molecule is O=C1CCC(C(=O)Nc2cc(C(=O)O)ccc2Cl)=NN1. The molecule has 8 heteroatoms. The fraction of sp³-hybridized carbons (Fsp3) is 0.167. The van der Waals surface area contributed by atoms with Crippen LogP contribution in [0.2, 0.25) is 5.02 Å². The molecule has 0 radical (unpaired) electrons. The van der Waals surface area contributed by atoms with Crippen molar-refractivity contribution >= 4 is 40.8 Å². The van der Waals surface area contributed by atoms with Crippen LogP contribution in [0, 0.1) is 0 Å². The highest BCUT2D eigenvalue weighted by Gasteiger charge is 2.19. The van der Waals surface area contributed by atoms with E-state index in [1.807, 2.05) is 0 Å². The van der Waals surface area contributed by atoms with Crippen LogP contribution in [0.5, 0.6) is 0 Å². The van der Waals surface area contributed by atoms with Gasteiger partial charge in [0.2, 0.25) is 5.91 Å². The van der Waals surface area contributed by atoms with Crippen molar-refractivity contribution in [1.29, 1.82) is 0 Å².